The summed E-state index contributed by atoms with van der Waals surface area (Å²) in [7, 11) is -2.44. The second-order valence-corrected chi connectivity index (χ2v) is 13.9. The highest BCUT2D eigenvalue weighted by molar-refractivity contribution is 6.83. The average Bonchev–Trinajstić information content (AvgIpc) is 1.91. The Bertz CT molecular complexity index is 256. The van der Waals surface area contributed by atoms with Gasteiger partial charge in [-0.15, -0.1) is 0 Å². The number of nitrogens with two attached hydrogens (primary N) is 1. The minimum atomic E-state index is -2.44. The molecule has 3 nitrogen and oxygen atoms in total. The Balaban J connectivity index is 6.02. The van der Waals surface area contributed by atoms with E-state index in [0.29, 0.717) is 0 Å². The van der Waals surface area contributed by atoms with Crippen molar-refractivity contribution in [3.8, 4) is 0 Å². The third-order valence-corrected chi connectivity index (χ3v) is 10.3. The van der Waals surface area contributed by atoms with E-state index in [2.05, 4.69) is 62.3 Å². The summed E-state index contributed by atoms with van der Waals surface area (Å²) >= 11 is 0. The number of carbonyl (C=O) groups excluding carboxylic acids is 1. The quantitative estimate of drug-likeness (QED) is 0.708. The van der Waals surface area contributed by atoms with Gasteiger partial charge in [0.25, 0.3) is 8.32 Å². The molecule has 0 bridgehead atoms. The van der Waals surface area contributed by atoms with Crippen LogP contribution in [0.15, 0.2) is 0 Å². The zero-order valence-corrected chi connectivity index (χ0v) is 13.9. The molecule has 0 atom stereocenters. The summed E-state index contributed by atoms with van der Waals surface area (Å²) in [6.07, 6.45) is -0.642. The smallest absolute Gasteiger partial charge is 0.391 e. The molecule has 0 saturated carbocycles. The zero-order chi connectivity index (χ0) is 14.3. The van der Waals surface area contributed by atoms with Crippen LogP contribution >= 0.6 is 0 Å². The predicted octanol–water partition coefficient (Wildman–Crippen LogP) is 4.43. The van der Waals surface area contributed by atoms with Gasteiger partial charge in [0.2, 0.25) is 0 Å². The van der Waals surface area contributed by atoms with Gasteiger partial charge in [0, 0.05) is 0 Å². The lowest BCUT2D eigenvalue weighted by molar-refractivity contribution is 0.194. The Kier molecular flexibility index (Phi) is 4.17. The molecule has 0 aromatic rings. The van der Waals surface area contributed by atoms with Crippen LogP contribution in [0, 0.1) is 0 Å². The molecule has 0 aliphatic heterocycles. The molecule has 0 aliphatic rings. The summed E-state index contributed by atoms with van der Waals surface area (Å²) < 4.78 is 5.81. The van der Waals surface area contributed by atoms with Crippen LogP contribution in [0.4, 0.5) is 4.79 Å². The minimum absolute atomic E-state index is 0.0709. The van der Waals surface area contributed by atoms with E-state index in [1.807, 2.05) is 0 Å². The molecule has 102 valence electrons. The van der Waals surface area contributed by atoms with Crippen LogP contribution < -0.4 is 5.73 Å². The van der Waals surface area contributed by atoms with Crippen LogP contribution in [0.2, 0.25) is 15.1 Å². The summed E-state index contributed by atoms with van der Waals surface area (Å²) in [5, 5.41) is -0.213. The van der Waals surface area contributed by atoms with Gasteiger partial charge in [-0.05, 0) is 15.1 Å². The maximum atomic E-state index is 11.4. The first-order valence-electron chi connectivity index (χ1n) is 6.15. The topological polar surface area (TPSA) is 52.3 Å². The molecule has 0 aromatic carbocycles. The lowest BCUT2D eigenvalue weighted by atomic mass is 10.2. The van der Waals surface area contributed by atoms with E-state index < -0.39 is 14.4 Å². The van der Waals surface area contributed by atoms with Crippen LogP contribution in [0.3, 0.4) is 0 Å². The van der Waals surface area contributed by atoms with Gasteiger partial charge in [0.05, 0.1) is 0 Å². The van der Waals surface area contributed by atoms with Gasteiger partial charge < -0.3 is 10.2 Å². The summed E-state index contributed by atoms with van der Waals surface area (Å²) in [6.45, 7) is 19.4. The highest BCUT2D eigenvalue weighted by Gasteiger charge is 2.64. The molecular formula is C13H29NO2Si. The third kappa shape index (κ3) is 2.84. The van der Waals surface area contributed by atoms with Gasteiger partial charge in [-0.2, -0.15) is 0 Å². The molecule has 4 heteroatoms. The Morgan fingerprint density at radius 1 is 0.824 bits per heavy atom. The molecule has 17 heavy (non-hydrogen) atoms. The van der Waals surface area contributed by atoms with Gasteiger partial charge >= 0.3 is 6.09 Å². The fraction of sp³-hybridized carbons (Fsp3) is 0.923. The molecule has 0 rings (SSSR count). The van der Waals surface area contributed by atoms with Crippen molar-refractivity contribution in [2.24, 2.45) is 5.73 Å². The fourth-order valence-electron chi connectivity index (χ4n) is 3.99. The SMILES string of the molecule is CC(C)(C)[Si](OC(N)=O)(C(C)(C)C)C(C)(C)C. The van der Waals surface area contributed by atoms with Crippen LogP contribution in [-0.2, 0) is 4.43 Å². The van der Waals surface area contributed by atoms with E-state index in [1.54, 1.807) is 0 Å². The standard InChI is InChI=1S/C13H29NO2Si/c1-11(2,3)17(12(4,5)6,13(7,8)9)16-10(14)15/h1-9H3,(H2,14,15). The van der Waals surface area contributed by atoms with Gasteiger partial charge in [-0.1, -0.05) is 62.3 Å². The minimum Gasteiger partial charge on any atom is -0.502 e. The van der Waals surface area contributed by atoms with Crippen molar-refractivity contribution in [2.75, 3.05) is 0 Å². The Morgan fingerprint density at radius 2 is 1.06 bits per heavy atom. The van der Waals surface area contributed by atoms with Crippen LogP contribution in [-0.4, -0.2) is 14.4 Å². The largest absolute Gasteiger partial charge is 0.502 e. The van der Waals surface area contributed by atoms with E-state index in [0.717, 1.165) is 0 Å². The fourth-order valence-corrected chi connectivity index (χ4v) is 12.0. The number of rotatable bonds is 1. The van der Waals surface area contributed by atoms with Crippen molar-refractivity contribution in [3.05, 3.63) is 0 Å². The van der Waals surface area contributed by atoms with Gasteiger partial charge in [0.15, 0.2) is 0 Å². The second kappa shape index (κ2) is 4.30. The second-order valence-electron chi connectivity index (χ2n) is 7.85. The first kappa shape index (κ1) is 16.5. The van der Waals surface area contributed by atoms with Crippen LogP contribution in [0.5, 0.6) is 0 Å². The molecular weight excluding hydrogens is 230 g/mol. The molecule has 0 radical (unpaired) electrons. The average molecular weight is 259 g/mol. The maximum absolute atomic E-state index is 11.4. The monoisotopic (exact) mass is 259 g/mol. The first-order chi connectivity index (χ1) is 7.17. The van der Waals surface area contributed by atoms with Crippen molar-refractivity contribution in [3.63, 3.8) is 0 Å². The highest BCUT2D eigenvalue weighted by Crippen LogP contribution is 2.62. The van der Waals surface area contributed by atoms with E-state index in [4.69, 9.17) is 10.2 Å². The molecule has 0 aliphatic carbocycles. The molecule has 0 fully saturated rings. The van der Waals surface area contributed by atoms with E-state index in [1.165, 1.54) is 0 Å². The van der Waals surface area contributed by atoms with Crippen LogP contribution in [0.1, 0.15) is 62.3 Å². The summed E-state index contributed by atoms with van der Waals surface area (Å²) in [5.41, 5.74) is 5.34. The molecule has 0 saturated heterocycles. The van der Waals surface area contributed by atoms with Crippen molar-refractivity contribution in [1.29, 1.82) is 0 Å². The molecule has 2 N–H and O–H groups in total. The molecule has 0 heterocycles. The highest BCUT2D eigenvalue weighted by atomic mass is 28.4. The molecule has 1 amide bonds. The maximum Gasteiger partial charge on any atom is 0.391 e. The van der Waals surface area contributed by atoms with E-state index in [-0.39, 0.29) is 15.1 Å². The third-order valence-electron chi connectivity index (χ3n) is 3.42. The predicted molar refractivity (Wildman–Crippen MR) is 75.6 cm³/mol. The summed E-state index contributed by atoms with van der Waals surface area (Å²) in [6, 6.07) is 0. The Morgan fingerprint density at radius 3 is 1.12 bits per heavy atom. The van der Waals surface area contributed by atoms with Crippen molar-refractivity contribution < 1.29 is 9.22 Å². The lowest BCUT2D eigenvalue weighted by Gasteiger charge is -2.56. The lowest BCUT2D eigenvalue weighted by Crippen LogP contribution is -2.62. The number of primary amides is 1. The van der Waals surface area contributed by atoms with Crippen molar-refractivity contribution in [2.45, 2.75) is 77.4 Å². The van der Waals surface area contributed by atoms with Crippen molar-refractivity contribution in [1.82, 2.24) is 0 Å². The molecule has 0 unspecified atom stereocenters. The molecule has 0 spiro atoms. The van der Waals surface area contributed by atoms with Gasteiger partial charge in [-0.3, -0.25) is 0 Å². The van der Waals surface area contributed by atoms with E-state index in [9.17, 15) is 4.79 Å². The van der Waals surface area contributed by atoms with Crippen LogP contribution in [0.25, 0.3) is 0 Å². The van der Waals surface area contributed by atoms with Gasteiger partial charge in [-0.25, -0.2) is 4.79 Å². The van der Waals surface area contributed by atoms with E-state index >= 15 is 0 Å². The normalized spacial score (nSPS) is 14.6. The Hall–Kier alpha value is -0.513. The number of hydrogen-bond donors (Lipinski definition) is 1. The Labute approximate surface area is 107 Å². The van der Waals surface area contributed by atoms with Crippen molar-refractivity contribution >= 4 is 14.4 Å². The van der Waals surface area contributed by atoms with Gasteiger partial charge in [0.1, 0.15) is 0 Å². The summed E-state index contributed by atoms with van der Waals surface area (Å²) in [5.74, 6) is 0. The number of hydrogen-bond acceptors (Lipinski definition) is 2. The summed E-state index contributed by atoms with van der Waals surface area (Å²) in [4.78, 5) is 11.4. The zero-order valence-electron chi connectivity index (χ0n) is 12.9. The number of carbonyl (C=O) groups is 1. The first-order valence-corrected chi connectivity index (χ1v) is 8.06. The molecule has 0 aromatic heterocycles. The number of amides is 1.